The second-order valence-electron chi connectivity index (χ2n) is 16.6. The van der Waals surface area contributed by atoms with Gasteiger partial charge in [-0.05, 0) is 85.1 Å². The first kappa shape index (κ1) is 52.1. The molecule has 0 radical (unpaired) electrons. The largest absolute Gasteiger partial charge is 0.488 e. The molecule has 0 saturated heterocycles. The van der Waals surface area contributed by atoms with E-state index in [0.29, 0.717) is 17.0 Å². The first-order chi connectivity index (χ1) is 34.9. The number of hydrogen-bond acceptors (Lipinski definition) is 18. The van der Waals surface area contributed by atoms with E-state index in [4.69, 9.17) is 42.6 Å². The number of ether oxygens (including phenoxy) is 9. The molecular weight excluding hydrogens is 961 g/mol. The molecule has 21 heteroatoms. The van der Waals surface area contributed by atoms with Crippen molar-refractivity contribution in [2.75, 3.05) is 77.6 Å². The topological polar surface area (TPSA) is 221 Å². The lowest BCUT2D eigenvalue weighted by Crippen LogP contribution is -2.36. The number of hydrogen-bond donors (Lipinski definition) is 1. The Kier molecular flexibility index (Phi) is 15.8. The predicted octanol–water partition coefficient (Wildman–Crippen LogP) is 5.77. The van der Waals surface area contributed by atoms with E-state index in [1.165, 1.54) is 69.4 Å². The summed E-state index contributed by atoms with van der Waals surface area (Å²) in [6.07, 6.45) is 0. The van der Waals surface area contributed by atoms with Gasteiger partial charge in [-0.3, -0.25) is 28.8 Å². The molecule has 382 valence electrons. The summed E-state index contributed by atoms with van der Waals surface area (Å²) >= 11 is 0. The van der Waals surface area contributed by atoms with Gasteiger partial charge in [-0.2, -0.15) is 0 Å². The van der Waals surface area contributed by atoms with Gasteiger partial charge in [-0.1, -0.05) is 18.2 Å². The zero-order chi connectivity index (χ0) is 52.7. The van der Waals surface area contributed by atoms with Crippen molar-refractivity contribution in [2.24, 2.45) is 0 Å². The van der Waals surface area contributed by atoms with Gasteiger partial charge in [-0.15, -0.1) is 0 Å². The fourth-order valence-corrected chi connectivity index (χ4v) is 8.18. The Bertz CT molecular complexity index is 3000. The van der Waals surface area contributed by atoms with Gasteiger partial charge in [0.05, 0.1) is 56.5 Å². The fraction of sp³-hybridized carbons (Fsp3) is 0.288. The van der Waals surface area contributed by atoms with Crippen LogP contribution in [0, 0.1) is 25.5 Å². The number of anilines is 2. The lowest BCUT2D eigenvalue weighted by atomic mass is 9.77. The summed E-state index contributed by atoms with van der Waals surface area (Å²) in [7, 11) is 4.81. The number of methoxy groups -OCH3 is 4. The Morgan fingerprint density at radius 3 is 1.71 bits per heavy atom. The van der Waals surface area contributed by atoms with Crippen LogP contribution in [0.25, 0.3) is 0 Å². The molecule has 73 heavy (non-hydrogen) atoms. The first-order valence-corrected chi connectivity index (χ1v) is 22.3. The van der Waals surface area contributed by atoms with Crippen LogP contribution in [0.5, 0.6) is 28.7 Å². The van der Waals surface area contributed by atoms with Crippen LogP contribution >= 0.6 is 0 Å². The summed E-state index contributed by atoms with van der Waals surface area (Å²) in [6, 6.07) is 18.7. The smallest absolute Gasteiger partial charge is 0.340 e. The van der Waals surface area contributed by atoms with E-state index in [0.717, 1.165) is 30.7 Å². The third-order valence-corrected chi connectivity index (χ3v) is 11.7. The molecule has 2 aliphatic heterocycles. The number of rotatable bonds is 19. The lowest BCUT2D eigenvalue weighted by molar-refractivity contribution is -0.141. The van der Waals surface area contributed by atoms with Crippen molar-refractivity contribution in [3.05, 3.63) is 135 Å². The third-order valence-electron chi connectivity index (χ3n) is 11.7. The highest BCUT2D eigenvalue weighted by Gasteiger charge is 2.54. The monoisotopic (exact) mass is 1010 g/mol. The zero-order valence-electron chi connectivity index (χ0n) is 40.6. The molecule has 0 bridgehead atoms. The average Bonchev–Trinajstić information content (AvgIpc) is 3.66. The van der Waals surface area contributed by atoms with Crippen molar-refractivity contribution in [3.8, 4) is 28.7 Å². The molecule has 0 aromatic heterocycles. The van der Waals surface area contributed by atoms with Gasteiger partial charge in [0, 0.05) is 30.7 Å². The highest BCUT2D eigenvalue weighted by Crippen LogP contribution is 2.57. The van der Waals surface area contributed by atoms with E-state index >= 15 is 8.78 Å². The SMILES string of the molecule is COC(=O)CN(CC(=O)OC)c1ccc(C)cc1OCCOc1cc(CNC(=O)c2ccc3c(c2)C(=O)OC32c3cc(F)c(C)cc3Oc3cc(OC(C)=O)c(F)cc32)ccc1N(CC(=O)OC)CC(=O)OC. The van der Waals surface area contributed by atoms with Crippen LogP contribution < -0.4 is 34.1 Å². The van der Waals surface area contributed by atoms with Crippen LogP contribution in [0.1, 0.15) is 61.0 Å². The summed E-state index contributed by atoms with van der Waals surface area (Å²) in [6.45, 7) is 2.71. The minimum absolute atomic E-state index is 0.0200. The summed E-state index contributed by atoms with van der Waals surface area (Å²) in [5.41, 5.74) is 0.325. The van der Waals surface area contributed by atoms with E-state index < -0.39 is 64.7 Å². The fourth-order valence-electron chi connectivity index (χ4n) is 8.18. The van der Waals surface area contributed by atoms with Crippen LogP contribution in [-0.4, -0.2) is 110 Å². The van der Waals surface area contributed by atoms with Crippen LogP contribution in [0.2, 0.25) is 0 Å². The molecule has 0 fully saturated rings. The number of halogens is 2. The third kappa shape index (κ3) is 11.2. The highest BCUT2D eigenvalue weighted by atomic mass is 19.1. The van der Waals surface area contributed by atoms with Gasteiger partial charge in [0.25, 0.3) is 5.91 Å². The van der Waals surface area contributed by atoms with Crippen LogP contribution in [0.4, 0.5) is 20.2 Å². The maximum Gasteiger partial charge on any atom is 0.340 e. The number of carbonyl (C=O) groups excluding carboxylic acids is 7. The molecule has 2 aliphatic rings. The molecule has 5 aromatic rings. The van der Waals surface area contributed by atoms with Crippen LogP contribution in [-0.2, 0) is 59.8 Å². The summed E-state index contributed by atoms with van der Waals surface area (Å²) in [4.78, 5) is 92.1. The van der Waals surface area contributed by atoms with Gasteiger partial charge in [0.1, 0.15) is 68.2 Å². The molecule has 0 aliphatic carbocycles. The molecule has 2 heterocycles. The number of aryl methyl sites for hydroxylation is 2. The standard InChI is InChI=1S/C52H49F2N3O16/c1-28-8-12-39(56(24-46(59)65-4)25-47(60)66-5)44(16-28)69-14-15-70-45-18-31(9-13-40(45)57(26-48(61)67-6)27-49(62)68-7)23-55-50(63)32-10-11-34-33(19-32)51(64)73-52(34)35-20-37(53)29(2)17-41(35)72-42-22-43(71-30(3)58)38(54)21-36(42)52/h8-13,16-22H,14-15,23-27H2,1-7H3,(H,55,63). The Hall–Kier alpha value is -8.75. The normalized spacial score (nSPS) is 13.7. The van der Waals surface area contributed by atoms with Crippen molar-refractivity contribution >= 4 is 53.1 Å². The number of fused-ring (bicyclic) bond motifs is 6. The number of nitrogens with zero attached hydrogens (tertiary/aromatic N) is 2. The molecule has 0 saturated carbocycles. The van der Waals surface area contributed by atoms with E-state index in [9.17, 15) is 33.6 Å². The predicted molar refractivity (Wildman–Crippen MR) is 253 cm³/mol. The second-order valence-corrected chi connectivity index (χ2v) is 16.6. The van der Waals surface area contributed by atoms with Crippen molar-refractivity contribution in [3.63, 3.8) is 0 Å². The van der Waals surface area contributed by atoms with Gasteiger partial charge in [0.2, 0.25) is 0 Å². The van der Waals surface area contributed by atoms with E-state index in [2.05, 4.69) is 5.32 Å². The molecule has 1 N–H and O–H groups in total. The van der Waals surface area contributed by atoms with Crippen molar-refractivity contribution in [1.29, 1.82) is 0 Å². The van der Waals surface area contributed by atoms with Crippen molar-refractivity contribution < 1.29 is 85.0 Å². The maximum absolute atomic E-state index is 15.6. The number of amides is 1. The Balaban J connectivity index is 1.15. The Morgan fingerprint density at radius 2 is 1.15 bits per heavy atom. The zero-order valence-corrected chi connectivity index (χ0v) is 40.6. The lowest BCUT2D eigenvalue weighted by Gasteiger charge is -2.36. The number of carbonyl (C=O) groups is 7. The second kappa shape index (κ2) is 22.1. The Morgan fingerprint density at radius 1 is 0.616 bits per heavy atom. The number of benzene rings is 5. The summed E-state index contributed by atoms with van der Waals surface area (Å²) in [5, 5.41) is 2.81. The van der Waals surface area contributed by atoms with E-state index in [1.807, 2.05) is 6.92 Å². The average molecular weight is 1010 g/mol. The van der Waals surface area contributed by atoms with Crippen molar-refractivity contribution in [1.82, 2.24) is 5.32 Å². The minimum Gasteiger partial charge on any atom is -0.488 e. The van der Waals surface area contributed by atoms with E-state index in [1.54, 1.807) is 36.4 Å². The molecule has 1 spiro atoms. The summed E-state index contributed by atoms with van der Waals surface area (Å²) < 4.78 is 79.8. The Labute approximate surface area is 416 Å². The van der Waals surface area contributed by atoms with Gasteiger partial charge >= 0.3 is 35.8 Å². The molecule has 5 aromatic carbocycles. The maximum atomic E-state index is 15.6. The van der Waals surface area contributed by atoms with Crippen LogP contribution in [0.15, 0.2) is 78.9 Å². The van der Waals surface area contributed by atoms with Crippen LogP contribution in [0.3, 0.4) is 0 Å². The molecule has 19 nitrogen and oxygen atoms in total. The first-order valence-electron chi connectivity index (χ1n) is 22.3. The molecular formula is C52H49F2N3O16. The quantitative estimate of drug-likeness (QED) is 0.0449. The van der Waals surface area contributed by atoms with Gasteiger partial charge in [-0.25, -0.2) is 13.6 Å². The van der Waals surface area contributed by atoms with Gasteiger partial charge in [0.15, 0.2) is 17.2 Å². The van der Waals surface area contributed by atoms with Gasteiger partial charge < -0.3 is 57.7 Å². The minimum atomic E-state index is -1.94. The molecule has 1 atom stereocenters. The number of nitrogens with one attached hydrogen (secondary N) is 1. The van der Waals surface area contributed by atoms with E-state index in [-0.39, 0.29) is 102 Å². The highest BCUT2D eigenvalue weighted by molar-refractivity contribution is 6.02. The molecule has 1 amide bonds. The molecule has 1 unspecified atom stereocenters. The molecule has 7 rings (SSSR count). The summed E-state index contributed by atoms with van der Waals surface area (Å²) in [5.74, 6) is -6.51. The number of esters is 6. The van der Waals surface area contributed by atoms with Crippen molar-refractivity contribution in [2.45, 2.75) is 32.9 Å².